The lowest BCUT2D eigenvalue weighted by Gasteiger charge is -2.18. The highest BCUT2D eigenvalue weighted by molar-refractivity contribution is 5.94. The van der Waals surface area contributed by atoms with Gasteiger partial charge in [-0.05, 0) is 50.1 Å². The largest absolute Gasteiger partial charge is 0.491 e. The summed E-state index contributed by atoms with van der Waals surface area (Å²) in [7, 11) is 0. The van der Waals surface area contributed by atoms with Crippen LogP contribution in [0, 0.1) is 13.8 Å². The van der Waals surface area contributed by atoms with Crippen molar-refractivity contribution in [2.75, 3.05) is 6.61 Å². The normalized spacial score (nSPS) is 11.8. The zero-order valence-electron chi connectivity index (χ0n) is 13.4. The number of benzene rings is 2. The number of hydrogen-bond acceptors (Lipinski definition) is 2. The topological polar surface area (TPSA) is 38.3 Å². The van der Waals surface area contributed by atoms with Crippen molar-refractivity contribution in [3.05, 3.63) is 65.2 Å². The predicted octanol–water partition coefficient (Wildman–Crippen LogP) is 3.89. The summed E-state index contributed by atoms with van der Waals surface area (Å²) in [4.78, 5) is 12.3. The van der Waals surface area contributed by atoms with Gasteiger partial charge in [-0.15, -0.1) is 0 Å². The minimum atomic E-state index is -0.0524. The smallest absolute Gasteiger partial charge is 0.251 e. The first kappa shape index (κ1) is 16.1. The predicted molar refractivity (Wildman–Crippen MR) is 89.4 cm³/mol. The number of carbonyl (C=O) groups is 1. The fourth-order valence-corrected chi connectivity index (χ4v) is 2.22. The molecule has 2 aromatic carbocycles. The molecule has 0 aromatic heterocycles. The molecule has 22 heavy (non-hydrogen) atoms. The molecule has 0 radical (unpaired) electrons. The van der Waals surface area contributed by atoms with E-state index in [2.05, 4.69) is 5.32 Å². The molecule has 1 N–H and O–H groups in total. The Morgan fingerprint density at radius 2 is 1.77 bits per heavy atom. The zero-order chi connectivity index (χ0) is 15.9. The molecule has 0 spiro atoms. The molecule has 116 valence electrons. The van der Waals surface area contributed by atoms with Crippen molar-refractivity contribution in [1.29, 1.82) is 0 Å². The summed E-state index contributed by atoms with van der Waals surface area (Å²) in [5, 5.41) is 3.03. The van der Waals surface area contributed by atoms with Gasteiger partial charge >= 0.3 is 0 Å². The minimum Gasteiger partial charge on any atom is -0.491 e. The molecule has 0 bridgehead atoms. The van der Waals surface area contributed by atoms with Gasteiger partial charge in [0.25, 0.3) is 5.91 Å². The van der Waals surface area contributed by atoms with Crippen LogP contribution in [0.15, 0.2) is 48.5 Å². The van der Waals surface area contributed by atoms with E-state index in [-0.39, 0.29) is 11.9 Å². The van der Waals surface area contributed by atoms with Gasteiger partial charge < -0.3 is 10.1 Å². The van der Waals surface area contributed by atoms with Crippen LogP contribution in [0.2, 0.25) is 0 Å². The second kappa shape index (κ2) is 7.64. The summed E-state index contributed by atoms with van der Waals surface area (Å²) in [6.45, 7) is 6.52. The molecule has 0 unspecified atom stereocenters. The van der Waals surface area contributed by atoms with E-state index in [9.17, 15) is 4.79 Å². The van der Waals surface area contributed by atoms with E-state index in [1.807, 2.05) is 69.3 Å². The number of aryl methyl sites for hydroxylation is 2. The minimum absolute atomic E-state index is 0.00600. The van der Waals surface area contributed by atoms with E-state index >= 15 is 0 Å². The van der Waals surface area contributed by atoms with E-state index in [4.69, 9.17) is 4.74 Å². The third-order valence-corrected chi connectivity index (χ3v) is 3.55. The Morgan fingerprint density at radius 3 is 2.41 bits per heavy atom. The lowest BCUT2D eigenvalue weighted by atomic mass is 10.1. The monoisotopic (exact) mass is 297 g/mol. The summed E-state index contributed by atoms with van der Waals surface area (Å²) in [5.41, 5.74) is 2.93. The van der Waals surface area contributed by atoms with Gasteiger partial charge in [-0.2, -0.15) is 0 Å². The molecule has 0 aliphatic heterocycles. The van der Waals surface area contributed by atoms with Crippen LogP contribution < -0.4 is 10.1 Å². The maximum absolute atomic E-state index is 12.3. The first-order chi connectivity index (χ1) is 10.6. The van der Waals surface area contributed by atoms with Crippen LogP contribution in [0.4, 0.5) is 0 Å². The summed E-state index contributed by atoms with van der Waals surface area (Å²) in [6, 6.07) is 15.5. The number of carbonyl (C=O) groups excluding carboxylic acids is 1. The molecular weight excluding hydrogens is 274 g/mol. The van der Waals surface area contributed by atoms with Crippen molar-refractivity contribution in [1.82, 2.24) is 5.32 Å². The van der Waals surface area contributed by atoms with Gasteiger partial charge in [0.2, 0.25) is 0 Å². The highest BCUT2D eigenvalue weighted by atomic mass is 16.5. The van der Waals surface area contributed by atoms with Crippen LogP contribution in [-0.2, 0) is 0 Å². The molecule has 3 nitrogen and oxygen atoms in total. The molecule has 2 aromatic rings. The van der Waals surface area contributed by atoms with Crippen molar-refractivity contribution < 1.29 is 9.53 Å². The summed E-state index contributed by atoms with van der Waals surface area (Å²) in [5.74, 6) is 0.784. The Hall–Kier alpha value is -2.29. The Morgan fingerprint density at radius 1 is 1.09 bits per heavy atom. The molecule has 0 heterocycles. The maximum Gasteiger partial charge on any atom is 0.251 e. The standard InChI is InChI=1S/C19H23NO2/c1-4-17(13-22-18-10-6-8-15(3)12-18)20-19(21)16-9-5-7-14(2)11-16/h5-12,17H,4,13H2,1-3H3,(H,20,21)/t17-/m0/s1. The van der Waals surface area contributed by atoms with E-state index in [0.29, 0.717) is 12.2 Å². The number of hydrogen-bond donors (Lipinski definition) is 1. The highest BCUT2D eigenvalue weighted by Crippen LogP contribution is 2.13. The number of rotatable bonds is 6. The third kappa shape index (κ3) is 4.62. The van der Waals surface area contributed by atoms with Crippen LogP contribution >= 0.6 is 0 Å². The van der Waals surface area contributed by atoms with E-state index < -0.39 is 0 Å². The molecular formula is C19H23NO2. The average Bonchev–Trinajstić information content (AvgIpc) is 2.51. The Bertz CT molecular complexity index is 637. The van der Waals surface area contributed by atoms with Crippen LogP contribution in [-0.4, -0.2) is 18.6 Å². The molecule has 0 fully saturated rings. The molecule has 3 heteroatoms. The first-order valence-electron chi connectivity index (χ1n) is 7.65. The third-order valence-electron chi connectivity index (χ3n) is 3.55. The molecule has 1 atom stereocenters. The fraction of sp³-hybridized carbons (Fsp3) is 0.316. The van der Waals surface area contributed by atoms with Crippen LogP contribution in [0.5, 0.6) is 5.75 Å². The Kier molecular flexibility index (Phi) is 5.59. The summed E-state index contributed by atoms with van der Waals surface area (Å²) >= 11 is 0. The highest BCUT2D eigenvalue weighted by Gasteiger charge is 2.13. The van der Waals surface area contributed by atoms with Gasteiger partial charge in [0, 0.05) is 5.56 Å². The molecule has 0 aliphatic rings. The van der Waals surface area contributed by atoms with Gasteiger partial charge in [0.15, 0.2) is 0 Å². The maximum atomic E-state index is 12.3. The van der Waals surface area contributed by atoms with Crippen LogP contribution in [0.1, 0.15) is 34.8 Å². The quantitative estimate of drug-likeness (QED) is 0.878. The fourth-order valence-electron chi connectivity index (χ4n) is 2.22. The van der Waals surface area contributed by atoms with Crippen molar-refractivity contribution in [2.45, 2.75) is 33.2 Å². The van der Waals surface area contributed by atoms with Crippen molar-refractivity contribution in [2.24, 2.45) is 0 Å². The second-order valence-corrected chi connectivity index (χ2v) is 5.58. The molecule has 0 saturated heterocycles. The lowest BCUT2D eigenvalue weighted by Crippen LogP contribution is -2.38. The van der Waals surface area contributed by atoms with Gasteiger partial charge in [-0.3, -0.25) is 4.79 Å². The summed E-state index contributed by atoms with van der Waals surface area (Å²) < 4.78 is 5.79. The number of nitrogens with one attached hydrogen (secondary N) is 1. The average molecular weight is 297 g/mol. The molecule has 0 saturated carbocycles. The Labute approximate surface area is 132 Å². The van der Waals surface area contributed by atoms with Crippen molar-refractivity contribution in [3.8, 4) is 5.75 Å². The van der Waals surface area contributed by atoms with E-state index in [1.54, 1.807) is 0 Å². The molecule has 0 aliphatic carbocycles. The number of ether oxygens (including phenoxy) is 1. The van der Waals surface area contributed by atoms with Crippen LogP contribution in [0.3, 0.4) is 0 Å². The van der Waals surface area contributed by atoms with Crippen LogP contribution in [0.25, 0.3) is 0 Å². The lowest BCUT2D eigenvalue weighted by molar-refractivity contribution is 0.0920. The van der Waals surface area contributed by atoms with E-state index in [1.165, 1.54) is 0 Å². The summed E-state index contributed by atoms with van der Waals surface area (Å²) in [6.07, 6.45) is 0.823. The van der Waals surface area contributed by atoms with Gasteiger partial charge in [0.1, 0.15) is 12.4 Å². The van der Waals surface area contributed by atoms with Crippen molar-refractivity contribution >= 4 is 5.91 Å². The SMILES string of the molecule is CC[C@@H](COc1cccc(C)c1)NC(=O)c1cccc(C)c1. The molecule has 2 rings (SSSR count). The molecule has 1 amide bonds. The second-order valence-electron chi connectivity index (χ2n) is 5.58. The number of amides is 1. The van der Waals surface area contributed by atoms with Gasteiger partial charge in [-0.25, -0.2) is 0 Å². The van der Waals surface area contributed by atoms with E-state index in [0.717, 1.165) is 23.3 Å². The zero-order valence-corrected chi connectivity index (χ0v) is 13.4. The first-order valence-corrected chi connectivity index (χ1v) is 7.65. The van der Waals surface area contributed by atoms with Gasteiger partial charge in [-0.1, -0.05) is 36.8 Å². The Balaban J connectivity index is 1.93. The van der Waals surface area contributed by atoms with Gasteiger partial charge in [0.05, 0.1) is 6.04 Å². The van der Waals surface area contributed by atoms with Crippen molar-refractivity contribution in [3.63, 3.8) is 0 Å².